The van der Waals surface area contributed by atoms with Crippen molar-refractivity contribution in [2.24, 2.45) is 5.92 Å². The normalized spacial score (nSPS) is 20.1. The van der Waals surface area contributed by atoms with Crippen LogP contribution in [0.2, 0.25) is 5.02 Å². The van der Waals surface area contributed by atoms with Gasteiger partial charge in [-0.2, -0.15) is 0 Å². The average Bonchev–Trinajstić information content (AvgIpc) is 3.41. The fourth-order valence-electron chi connectivity index (χ4n) is 4.91. The average molecular weight is 545 g/mol. The largest absolute Gasteiger partial charge is 0.484 e. The Balaban J connectivity index is 1.62. The van der Waals surface area contributed by atoms with Crippen molar-refractivity contribution in [1.29, 1.82) is 0 Å². The van der Waals surface area contributed by atoms with E-state index in [1.165, 1.54) is 19.1 Å². The third-order valence-electron chi connectivity index (χ3n) is 6.97. The number of carbonyl (C=O) groups excluding carboxylic acids is 4. The number of carbonyl (C=O) groups is 4. The molecule has 1 saturated carbocycles. The minimum atomic E-state index is -1.10. The summed E-state index contributed by atoms with van der Waals surface area (Å²) < 4.78 is 25.6. The van der Waals surface area contributed by atoms with E-state index >= 15 is 0 Å². The molecule has 1 aliphatic heterocycles. The van der Waals surface area contributed by atoms with Crippen LogP contribution in [-0.2, 0) is 14.3 Å². The van der Waals surface area contributed by atoms with E-state index in [0.29, 0.717) is 16.9 Å². The highest BCUT2D eigenvalue weighted by molar-refractivity contribution is 6.31. The number of hydrogen-bond donors (Lipinski definition) is 2. The van der Waals surface area contributed by atoms with E-state index in [0.717, 1.165) is 31.7 Å². The van der Waals surface area contributed by atoms with Gasteiger partial charge in [0, 0.05) is 22.6 Å². The molecule has 38 heavy (non-hydrogen) atoms. The summed E-state index contributed by atoms with van der Waals surface area (Å²) in [5.74, 6) is -2.05. The fourth-order valence-corrected chi connectivity index (χ4v) is 5.09. The number of amides is 2. The molecule has 2 aliphatic rings. The molecule has 0 bridgehead atoms. The molecule has 8 nitrogen and oxygen atoms in total. The maximum atomic E-state index is 13.7. The van der Waals surface area contributed by atoms with Crippen molar-refractivity contribution in [3.8, 4) is 5.75 Å². The molecule has 2 aromatic carbocycles. The van der Waals surface area contributed by atoms with Crippen molar-refractivity contribution >= 4 is 35.2 Å². The number of nitrogens with one attached hydrogen (secondary N) is 2. The third-order valence-corrected chi connectivity index (χ3v) is 7.26. The Hall–Kier alpha value is -3.46. The lowest BCUT2D eigenvalue weighted by Crippen LogP contribution is -2.56. The third kappa shape index (κ3) is 5.99. The van der Waals surface area contributed by atoms with E-state index in [1.54, 1.807) is 32.0 Å². The van der Waals surface area contributed by atoms with Crippen molar-refractivity contribution < 1.29 is 33.0 Å². The highest BCUT2D eigenvalue weighted by Gasteiger charge is 2.47. The van der Waals surface area contributed by atoms with Crippen LogP contribution in [0.25, 0.3) is 0 Å². The van der Waals surface area contributed by atoms with Crippen LogP contribution in [0.5, 0.6) is 5.75 Å². The second-order valence-electron chi connectivity index (χ2n) is 10.2. The Bertz CT molecular complexity index is 1270. The van der Waals surface area contributed by atoms with Gasteiger partial charge in [0.25, 0.3) is 5.91 Å². The predicted molar refractivity (Wildman–Crippen MR) is 138 cm³/mol. The van der Waals surface area contributed by atoms with Crippen LogP contribution in [0, 0.1) is 11.7 Å². The van der Waals surface area contributed by atoms with E-state index in [9.17, 15) is 23.6 Å². The molecule has 1 heterocycles. The molecule has 0 spiro atoms. The molecule has 2 aromatic rings. The Morgan fingerprint density at radius 2 is 1.76 bits per heavy atom. The lowest BCUT2D eigenvalue weighted by Gasteiger charge is -2.44. The van der Waals surface area contributed by atoms with Gasteiger partial charge in [-0.15, -0.1) is 0 Å². The number of fused-ring (bicyclic) bond motifs is 1. The molecule has 1 fully saturated rings. The van der Waals surface area contributed by atoms with Gasteiger partial charge in [0.05, 0.1) is 11.1 Å². The van der Waals surface area contributed by atoms with E-state index in [-0.39, 0.29) is 34.7 Å². The summed E-state index contributed by atoms with van der Waals surface area (Å²) >= 11 is 5.87. The van der Waals surface area contributed by atoms with Gasteiger partial charge in [-0.25, -0.2) is 4.39 Å². The van der Waals surface area contributed by atoms with E-state index in [4.69, 9.17) is 21.1 Å². The monoisotopic (exact) mass is 544 g/mol. The molecule has 0 unspecified atom stereocenters. The zero-order chi connectivity index (χ0) is 27.6. The smallest absolute Gasteiger partial charge is 0.325 e. The van der Waals surface area contributed by atoms with Crippen molar-refractivity contribution in [3.63, 3.8) is 0 Å². The summed E-state index contributed by atoms with van der Waals surface area (Å²) in [7, 11) is 0. The van der Waals surface area contributed by atoms with Crippen LogP contribution in [0.1, 0.15) is 78.8 Å². The van der Waals surface area contributed by atoms with Gasteiger partial charge in [-0.05, 0) is 70.0 Å². The molecule has 2 N–H and O–H groups in total. The van der Waals surface area contributed by atoms with E-state index < -0.39 is 35.4 Å². The Morgan fingerprint density at radius 3 is 2.42 bits per heavy atom. The number of halogens is 2. The molecule has 4 rings (SSSR count). The molecular weight excluding hydrogens is 515 g/mol. The number of rotatable bonds is 7. The maximum absolute atomic E-state index is 13.7. The van der Waals surface area contributed by atoms with Crippen LogP contribution >= 0.6 is 11.6 Å². The maximum Gasteiger partial charge on any atom is 0.325 e. The van der Waals surface area contributed by atoms with Gasteiger partial charge in [-0.3, -0.25) is 19.2 Å². The molecule has 2 atom stereocenters. The summed E-state index contributed by atoms with van der Waals surface area (Å²) in [5, 5.41) is 5.27. The Morgan fingerprint density at radius 1 is 1.08 bits per heavy atom. The van der Waals surface area contributed by atoms with Crippen LogP contribution in [0.15, 0.2) is 36.4 Å². The number of esters is 1. The van der Waals surface area contributed by atoms with E-state index in [2.05, 4.69) is 10.6 Å². The molecule has 0 saturated heterocycles. The quantitative estimate of drug-likeness (QED) is 0.391. The minimum Gasteiger partial charge on any atom is -0.484 e. The first kappa shape index (κ1) is 27.6. The van der Waals surface area contributed by atoms with Crippen molar-refractivity contribution in [3.05, 3.63) is 63.9 Å². The highest BCUT2D eigenvalue weighted by atomic mass is 35.5. The molecular formula is C28H30ClFN2O6. The summed E-state index contributed by atoms with van der Waals surface area (Å²) in [4.78, 5) is 50.6. The van der Waals surface area contributed by atoms with Crippen molar-refractivity contribution in [1.82, 2.24) is 10.6 Å². The molecule has 0 aromatic heterocycles. The van der Waals surface area contributed by atoms with Gasteiger partial charge in [-0.1, -0.05) is 24.4 Å². The lowest BCUT2D eigenvalue weighted by atomic mass is 9.85. The molecule has 0 radical (unpaired) electrons. The summed E-state index contributed by atoms with van der Waals surface area (Å²) in [5.41, 5.74) is -0.191. The highest BCUT2D eigenvalue weighted by Crippen LogP contribution is 2.42. The van der Waals surface area contributed by atoms with Crippen molar-refractivity contribution in [2.75, 3.05) is 6.54 Å². The minimum absolute atomic E-state index is 0.0962. The predicted octanol–water partition coefficient (Wildman–Crippen LogP) is 4.54. The standard InChI is InChI=1S/C28H30ClFN2O6/c1-15(33)17-9-11-22-19(12-17)24(32-27(36)18-8-10-21(30)20(29)13-18)25(28(2,3)38-22)37-23(34)14-31-26(35)16-6-4-5-7-16/h8-13,16,24-25H,4-7,14H2,1-3H3,(H,31,35)(H,32,36)/t24-,25-/m0/s1. The zero-order valence-electron chi connectivity index (χ0n) is 21.4. The number of hydrogen-bond acceptors (Lipinski definition) is 6. The number of ketones is 1. The summed E-state index contributed by atoms with van der Waals surface area (Å²) in [6, 6.07) is 7.45. The molecule has 1 aliphatic carbocycles. The fraction of sp³-hybridized carbons (Fsp3) is 0.429. The van der Waals surface area contributed by atoms with Gasteiger partial charge >= 0.3 is 5.97 Å². The van der Waals surface area contributed by atoms with Crippen LogP contribution < -0.4 is 15.4 Å². The second-order valence-corrected chi connectivity index (χ2v) is 10.6. The van der Waals surface area contributed by atoms with Crippen LogP contribution in [0.3, 0.4) is 0 Å². The summed E-state index contributed by atoms with van der Waals surface area (Å²) in [6.07, 6.45) is 2.52. The Labute approximate surface area is 225 Å². The van der Waals surface area contributed by atoms with Gasteiger partial charge in [0.15, 0.2) is 11.9 Å². The first-order chi connectivity index (χ1) is 18.0. The second kappa shape index (κ2) is 11.1. The first-order valence-corrected chi connectivity index (χ1v) is 12.9. The Kier molecular flexibility index (Phi) is 8.06. The number of benzene rings is 2. The van der Waals surface area contributed by atoms with Gasteiger partial charge in [0.2, 0.25) is 5.91 Å². The number of ether oxygens (including phenoxy) is 2. The topological polar surface area (TPSA) is 111 Å². The summed E-state index contributed by atoms with van der Waals surface area (Å²) in [6.45, 7) is 4.49. The lowest BCUT2D eigenvalue weighted by molar-refractivity contribution is -0.164. The molecule has 10 heteroatoms. The molecule has 2 amide bonds. The van der Waals surface area contributed by atoms with Crippen LogP contribution in [0.4, 0.5) is 4.39 Å². The first-order valence-electron chi connectivity index (χ1n) is 12.5. The molecule has 202 valence electrons. The number of Topliss-reactive ketones (excluding diaryl/α,β-unsaturated/α-hetero) is 1. The van der Waals surface area contributed by atoms with Gasteiger partial charge < -0.3 is 20.1 Å². The van der Waals surface area contributed by atoms with Gasteiger partial charge in [0.1, 0.15) is 23.7 Å². The zero-order valence-corrected chi connectivity index (χ0v) is 22.2. The SMILES string of the molecule is CC(=O)c1ccc2c(c1)[C@H](NC(=O)c1ccc(F)c(Cl)c1)[C@H](OC(=O)CNC(=O)C1CCCC1)C(C)(C)O2. The van der Waals surface area contributed by atoms with E-state index in [1.807, 2.05) is 0 Å². The van der Waals surface area contributed by atoms with Crippen LogP contribution in [-0.4, -0.2) is 41.8 Å². The van der Waals surface area contributed by atoms with Crippen molar-refractivity contribution in [2.45, 2.75) is 64.2 Å².